The Morgan fingerprint density at radius 2 is 1.92 bits per heavy atom. The summed E-state index contributed by atoms with van der Waals surface area (Å²) in [5.41, 5.74) is 0.416. The zero-order valence-electron chi connectivity index (χ0n) is 15.4. The first kappa shape index (κ1) is 17.7. The number of amides is 1. The van der Waals surface area contributed by atoms with Crippen LogP contribution in [0.3, 0.4) is 0 Å². The van der Waals surface area contributed by atoms with Gasteiger partial charge in [-0.15, -0.1) is 0 Å². The Morgan fingerprint density at radius 3 is 2.65 bits per heavy atom. The molecule has 1 amide bonds. The Balaban J connectivity index is 1.41. The number of likely N-dealkylation sites (tertiary alicyclic amines) is 1. The molecule has 1 aromatic heterocycles. The summed E-state index contributed by atoms with van der Waals surface area (Å²) in [4.78, 5) is 26.1. The van der Waals surface area contributed by atoms with Gasteiger partial charge in [0.1, 0.15) is 0 Å². The molecule has 0 unspecified atom stereocenters. The fourth-order valence-electron chi connectivity index (χ4n) is 4.61. The van der Waals surface area contributed by atoms with Crippen LogP contribution in [-0.2, 0) is 11.3 Å². The summed E-state index contributed by atoms with van der Waals surface area (Å²) in [6, 6.07) is 0. The molecule has 0 bridgehead atoms. The van der Waals surface area contributed by atoms with Crippen molar-refractivity contribution in [1.82, 2.24) is 20.2 Å². The van der Waals surface area contributed by atoms with E-state index in [4.69, 9.17) is 0 Å². The molecule has 7 heteroatoms. The fraction of sp³-hybridized carbons (Fsp3) is 0.737. The SMILES string of the molecule is O=C1NCCC[C@]12CN(Cc1cnc(N3CCCCC3)nc1)CC[C@H]2O. The molecule has 3 aliphatic rings. The number of aliphatic hydroxyl groups excluding tert-OH is 1. The third kappa shape index (κ3) is 3.42. The van der Waals surface area contributed by atoms with Gasteiger partial charge in [0.25, 0.3) is 0 Å². The predicted octanol–water partition coefficient (Wildman–Crippen LogP) is 0.930. The minimum Gasteiger partial charge on any atom is -0.392 e. The van der Waals surface area contributed by atoms with Crippen molar-refractivity contribution in [2.45, 2.75) is 51.2 Å². The van der Waals surface area contributed by atoms with Gasteiger partial charge in [0.2, 0.25) is 11.9 Å². The first-order chi connectivity index (χ1) is 12.7. The summed E-state index contributed by atoms with van der Waals surface area (Å²) < 4.78 is 0. The first-order valence-electron chi connectivity index (χ1n) is 9.92. The summed E-state index contributed by atoms with van der Waals surface area (Å²) in [7, 11) is 0. The highest BCUT2D eigenvalue weighted by Gasteiger charge is 2.49. The van der Waals surface area contributed by atoms with E-state index in [2.05, 4.69) is 25.1 Å². The average molecular weight is 359 g/mol. The number of nitrogens with one attached hydrogen (secondary N) is 1. The molecular weight excluding hydrogens is 330 g/mol. The van der Waals surface area contributed by atoms with Crippen molar-refractivity contribution in [1.29, 1.82) is 0 Å². The molecule has 0 radical (unpaired) electrons. The van der Waals surface area contributed by atoms with E-state index in [-0.39, 0.29) is 5.91 Å². The molecule has 1 spiro atoms. The summed E-state index contributed by atoms with van der Waals surface area (Å²) in [6.45, 7) is 4.93. The van der Waals surface area contributed by atoms with Crippen molar-refractivity contribution in [3.05, 3.63) is 18.0 Å². The molecular formula is C19H29N5O2. The number of carbonyl (C=O) groups excluding carboxylic acids is 1. The predicted molar refractivity (Wildman–Crippen MR) is 98.7 cm³/mol. The molecule has 2 atom stereocenters. The zero-order chi connectivity index (χ0) is 18.0. The van der Waals surface area contributed by atoms with Gasteiger partial charge in [0.15, 0.2) is 0 Å². The van der Waals surface area contributed by atoms with Crippen LogP contribution in [0.2, 0.25) is 0 Å². The van der Waals surface area contributed by atoms with Crippen LogP contribution in [-0.4, -0.2) is 64.7 Å². The van der Waals surface area contributed by atoms with Gasteiger partial charge in [0.05, 0.1) is 11.5 Å². The second-order valence-electron chi connectivity index (χ2n) is 7.97. The average Bonchev–Trinajstić information content (AvgIpc) is 2.68. The van der Waals surface area contributed by atoms with Gasteiger partial charge < -0.3 is 15.3 Å². The molecule has 0 aliphatic carbocycles. The zero-order valence-corrected chi connectivity index (χ0v) is 15.4. The number of aromatic nitrogens is 2. The van der Waals surface area contributed by atoms with E-state index in [1.165, 1.54) is 19.3 Å². The van der Waals surface area contributed by atoms with Crippen LogP contribution < -0.4 is 10.2 Å². The highest BCUT2D eigenvalue weighted by Crippen LogP contribution is 2.37. The summed E-state index contributed by atoms with van der Waals surface area (Å²) >= 11 is 0. The molecule has 3 fully saturated rings. The highest BCUT2D eigenvalue weighted by atomic mass is 16.3. The van der Waals surface area contributed by atoms with Crippen LogP contribution in [0.1, 0.15) is 44.1 Å². The van der Waals surface area contributed by atoms with E-state index in [9.17, 15) is 9.90 Å². The molecule has 4 heterocycles. The number of anilines is 1. The minimum absolute atomic E-state index is 0.0117. The van der Waals surface area contributed by atoms with E-state index in [0.717, 1.165) is 57.1 Å². The van der Waals surface area contributed by atoms with Crippen LogP contribution in [0, 0.1) is 5.41 Å². The monoisotopic (exact) mass is 359 g/mol. The van der Waals surface area contributed by atoms with Crippen molar-refractivity contribution >= 4 is 11.9 Å². The molecule has 2 N–H and O–H groups in total. The number of carbonyl (C=O) groups is 1. The molecule has 3 aliphatic heterocycles. The van der Waals surface area contributed by atoms with Gasteiger partial charge in [0, 0.05) is 57.2 Å². The third-order valence-corrected chi connectivity index (χ3v) is 6.14. The summed E-state index contributed by atoms with van der Waals surface area (Å²) in [6.07, 6.45) is 9.34. The molecule has 0 aromatic carbocycles. The lowest BCUT2D eigenvalue weighted by atomic mass is 9.71. The van der Waals surface area contributed by atoms with Crippen molar-refractivity contribution < 1.29 is 9.90 Å². The highest BCUT2D eigenvalue weighted by molar-refractivity contribution is 5.84. The van der Waals surface area contributed by atoms with Crippen molar-refractivity contribution in [3.63, 3.8) is 0 Å². The van der Waals surface area contributed by atoms with Crippen molar-refractivity contribution in [2.75, 3.05) is 37.6 Å². The van der Waals surface area contributed by atoms with Crippen LogP contribution >= 0.6 is 0 Å². The second kappa shape index (κ2) is 7.48. The number of hydrogen-bond donors (Lipinski definition) is 2. The lowest BCUT2D eigenvalue weighted by molar-refractivity contribution is -0.149. The molecule has 0 saturated carbocycles. The molecule has 26 heavy (non-hydrogen) atoms. The smallest absolute Gasteiger partial charge is 0.230 e. The van der Waals surface area contributed by atoms with Crippen molar-refractivity contribution in [2.24, 2.45) is 5.41 Å². The van der Waals surface area contributed by atoms with E-state index < -0.39 is 11.5 Å². The van der Waals surface area contributed by atoms with Crippen molar-refractivity contribution in [3.8, 4) is 0 Å². The van der Waals surface area contributed by atoms with Crippen LogP contribution in [0.15, 0.2) is 12.4 Å². The first-order valence-corrected chi connectivity index (χ1v) is 9.92. The Morgan fingerprint density at radius 1 is 1.15 bits per heavy atom. The van der Waals surface area contributed by atoms with Gasteiger partial charge in [-0.1, -0.05) is 0 Å². The lowest BCUT2D eigenvalue weighted by Crippen LogP contribution is -2.61. The number of rotatable bonds is 3. The summed E-state index contributed by atoms with van der Waals surface area (Å²) in [5, 5.41) is 13.4. The van der Waals surface area contributed by atoms with E-state index >= 15 is 0 Å². The topological polar surface area (TPSA) is 81.6 Å². The van der Waals surface area contributed by atoms with Gasteiger partial charge in [-0.2, -0.15) is 0 Å². The standard InChI is InChI=1S/C19H29N5O2/c25-16-5-10-23(14-19(16)6-4-7-20-17(19)26)13-15-11-21-18(22-12-15)24-8-2-1-3-9-24/h11-12,16,25H,1-10,13-14H2,(H,20,26)/t16-,19-/m1/s1. The fourth-order valence-corrected chi connectivity index (χ4v) is 4.61. The van der Waals surface area contributed by atoms with E-state index in [0.29, 0.717) is 13.0 Å². The lowest BCUT2D eigenvalue weighted by Gasteiger charge is -2.46. The van der Waals surface area contributed by atoms with Gasteiger partial charge in [-0.3, -0.25) is 9.69 Å². The van der Waals surface area contributed by atoms with Crippen LogP contribution in [0.25, 0.3) is 0 Å². The molecule has 4 rings (SSSR count). The van der Waals surface area contributed by atoms with E-state index in [1.54, 1.807) is 0 Å². The minimum atomic E-state index is -0.648. The normalized spacial score (nSPS) is 30.4. The maximum atomic E-state index is 12.5. The molecule has 3 saturated heterocycles. The molecule has 1 aromatic rings. The van der Waals surface area contributed by atoms with E-state index in [1.807, 2.05) is 12.4 Å². The van der Waals surface area contributed by atoms with Crippen LogP contribution in [0.5, 0.6) is 0 Å². The second-order valence-corrected chi connectivity index (χ2v) is 7.97. The molecule has 142 valence electrons. The number of piperidine rings is 3. The van der Waals surface area contributed by atoms with Gasteiger partial charge in [-0.05, 0) is 38.5 Å². The van der Waals surface area contributed by atoms with Crippen LogP contribution in [0.4, 0.5) is 5.95 Å². The number of aliphatic hydroxyl groups is 1. The number of hydrogen-bond acceptors (Lipinski definition) is 6. The number of nitrogens with zero attached hydrogens (tertiary/aromatic N) is 4. The Kier molecular flexibility index (Phi) is 5.09. The largest absolute Gasteiger partial charge is 0.392 e. The summed E-state index contributed by atoms with van der Waals surface area (Å²) in [5.74, 6) is 0.836. The maximum Gasteiger partial charge on any atom is 0.230 e. The Labute approximate surface area is 154 Å². The van der Waals surface area contributed by atoms with Gasteiger partial charge in [-0.25, -0.2) is 9.97 Å². The quantitative estimate of drug-likeness (QED) is 0.836. The Bertz CT molecular complexity index is 631. The third-order valence-electron chi connectivity index (χ3n) is 6.14. The molecule has 7 nitrogen and oxygen atoms in total. The Hall–Kier alpha value is -1.73. The van der Waals surface area contributed by atoms with Gasteiger partial charge >= 0.3 is 0 Å². The maximum absolute atomic E-state index is 12.5.